The summed E-state index contributed by atoms with van der Waals surface area (Å²) in [5, 5.41) is 10.5. The predicted molar refractivity (Wildman–Crippen MR) is 99.3 cm³/mol. The smallest absolute Gasteiger partial charge is 0.329 e. The molecule has 0 saturated carbocycles. The van der Waals surface area contributed by atoms with Crippen LogP contribution < -0.4 is 5.69 Å². The van der Waals surface area contributed by atoms with E-state index in [0.29, 0.717) is 11.3 Å². The van der Waals surface area contributed by atoms with Crippen molar-refractivity contribution in [1.29, 1.82) is 0 Å². The number of benzene rings is 2. The van der Waals surface area contributed by atoms with E-state index < -0.39 is 5.69 Å². The SMILES string of the molecule is CC1=Nc2ccccc2C1=Cc1[nH]c(=O)n(Cc2ccc(F)cc2)c1O. The van der Waals surface area contributed by atoms with Crippen LogP contribution in [0.4, 0.5) is 10.1 Å². The summed E-state index contributed by atoms with van der Waals surface area (Å²) in [6, 6.07) is 13.5. The second-order valence-corrected chi connectivity index (χ2v) is 6.15. The average molecular weight is 349 g/mol. The molecule has 0 bridgehead atoms. The van der Waals surface area contributed by atoms with Crippen LogP contribution in [0.3, 0.4) is 0 Å². The van der Waals surface area contributed by atoms with Gasteiger partial charge in [-0.15, -0.1) is 0 Å². The van der Waals surface area contributed by atoms with E-state index in [9.17, 15) is 14.3 Å². The minimum Gasteiger partial charge on any atom is -0.493 e. The molecule has 0 unspecified atom stereocenters. The molecule has 0 aliphatic carbocycles. The summed E-state index contributed by atoms with van der Waals surface area (Å²) in [5.41, 5.74) is 4.09. The summed E-state index contributed by atoms with van der Waals surface area (Å²) in [6.07, 6.45) is 1.72. The molecule has 26 heavy (non-hydrogen) atoms. The number of nitrogens with one attached hydrogen (secondary N) is 1. The van der Waals surface area contributed by atoms with Gasteiger partial charge in [-0.05, 0) is 36.8 Å². The highest BCUT2D eigenvalue weighted by Crippen LogP contribution is 2.36. The first-order valence-electron chi connectivity index (χ1n) is 8.16. The number of aromatic nitrogens is 2. The summed E-state index contributed by atoms with van der Waals surface area (Å²) in [7, 11) is 0. The average Bonchev–Trinajstić information content (AvgIpc) is 3.08. The van der Waals surface area contributed by atoms with E-state index >= 15 is 0 Å². The molecular formula is C20H16FN3O2. The van der Waals surface area contributed by atoms with Gasteiger partial charge in [-0.25, -0.2) is 9.18 Å². The Bertz CT molecular complexity index is 1100. The maximum atomic E-state index is 13.0. The van der Waals surface area contributed by atoms with Crippen molar-refractivity contribution in [2.24, 2.45) is 4.99 Å². The number of aromatic amines is 1. The fourth-order valence-electron chi connectivity index (χ4n) is 3.06. The van der Waals surface area contributed by atoms with E-state index in [1.807, 2.05) is 31.2 Å². The van der Waals surface area contributed by atoms with Crippen LogP contribution in [-0.4, -0.2) is 20.4 Å². The van der Waals surface area contributed by atoms with Crippen LogP contribution in [0, 0.1) is 5.82 Å². The highest BCUT2D eigenvalue weighted by Gasteiger charge is 2.19. The topological polar surface area (TPSA) is 70.4 Å². The summed E-state index contributed by atoms with van der Waals surface area (Å²) >= 11 is 0. The molecular weight excluding hydrogens is 333 g/mol. The Hall–Kier alpha value is -3.41. The number of rotatable bonds is 3. The van der Waals surface area contributed by atoms with Crippen molar-refractivity contribution >= 4 is 23.0 Å². The predicted octanol–water partition coefficient (Wildman–Crippen LogP) is 3.72. The first-order chi connectivity index (χ1) is 12.5. The fourth-order valence-corrected chi connectivity index (χ4v) is 3.06. The fraction of sp³-hybridized carbons (Fsp3) is 0.100. The number of aromatic hydroxyl groups is 1. The highest BCUT2D eigenvalue weighted by atomic mass is 19.1. The molecule has 0 radical (unpaired) electrons. The second-order valence-electron chi connectivity index (χ2n) is 6.15. The van der Waals surface area contributed by atoms with E-state index in [1.165, 1.54) is 16.7 Å². The van der Waals surface area contributed by atoms with Crippen LogP contribution in [-0.2, 0) is 6.54 Å². The van der Waals surface area contributed by atoms with Crippen LogP contribution in [0.1, 0.15) is 23.7 Å². The number of halogens is 1. The monoisotopic (exact) mass is 349 g/mol. The number of aliphatic imine (C=N–C) groups is 1. The Morgan fingerprint density at radius 2 is 1.92 bits per heavy atom. The summed E-state index contributed by atoms with van der Waals surface area (Å²) < 4.78 is 14.2. The van der Waals surface area contributed by atoms with Gasteiger partial charge in [0.25, 0.3) is 0 Å². The minimum absolute atomic E-state index is 0.147. The van der Waals surface area contributed by atoms with E-state index in [2.05, 4.69) is 9.98 Å². The van der Waals surface area contributed by atoms with Crippen LogP contribution >= 0.6 is 0 Å². The second kappa shape index (κ2) is 6.15. The van der Waals surface area contributed by atoms with E-state index in [4.69, 9.17) is 0 Å². The molecule has 1 aliphatic rings. The molecule has 0 saturated heterocycles. The Kier molecular flexibility index (Phi) is 3.80. The van der Waals surface area contributed by atoms with Gasteiger partial charge >= 0.3 is 5.69 Å². The van der Waals surface area contributed by atoms with Gasteiger partial charge < -0.3 is 10.1 Å². The molecule has 6 heteroatoms. The van der Waals surface area contributed by atoms with Crippen LogP contribution in [0.25, 0.3) is 11.6 Å². The standard InChI is InChI=1S/C20H16FN3O2/c1-12-16(15-4-2-3-5-17(15)22-12)10-18-19(25)24(20(26)23-18)11-13-6-8-14(21)9-7-13/h2-10,25H,11H2,1H3,(H,23,26). The van der Waals surface area contributed by atoms with Gasteiger partial charge in [0.15, 0.2) is 0 Å². The minimum atomic E-state index is -0.431. The Morgan fingerprint density at radius 1 is 1.19 bits per heavy atom. The highest BCUT2D eigenvalue weighted by molar-refractivity contribution is 6.31. The van der Waals surface area contributed by atoms with Crippen LogP contribution in [0.15, 0.2) is 58.3 Å². The lowest BCUT2D eigenvalue weighted by molar-refractivity contribution is 0.420. The van der Waals surface area contributed by atoms with Crippen LogP contribution in [0.5, 0.6) is 5.88 Å². The number of H-pyrrole nitrogens is 1. The molecule has 0 fully saturated rings. The van der Waals surface area contributed by atoms with Gasteiger partial charge in [-0.3, -0.25) is 9.56 Å². The molecule has 2 heterocycles. The maximum absolute atomic E-state index is 13.0. The van der Waals surface area contributed by atoms with Gasteiger partial charge in [0.05, 0.1) is 12.2 Å². The first-order valence-corrected chi connectivity index (χ1v) is 8.16. The molecule has 5 nitrogen and oxygen atoms in total. The summed E-state index contributed by atoms with van der Waals surface area (Å²) in [5.74, 6) is -0.511. The largest absolute Gasteiger partial charge is 0.493 e. The number of nitrogens with zero attached hydrogens (tertiary/aromatic N) is 2. The number of hydrogen-bond acceptors (Lipinski definition) is 3. The van der Waals surface area contributed by atoms with Gasteiger partial charge in [-0.2, -0.15) is 0 Å². The lowest BCUT2D eigenvalue weighted by Crippen LogP contribution is -2.17. The Balaban J connectivity index is 1.72. The molecule has 1 aliphatic heterocycles. The normalized spacial score (nSPS) is 14.5. The third-order valence-corrected chi connectivity index (χ3v) is 4.40. The van der Waals surface area contributed by atoms with E-state index in [-0.39, 0.29) is 18.2 Å². The number of fused-ring (bicyclic) bond motifs is 1. The van der Waals surface area contributed by atoms with Crippen molar-refractivity contribution in [2.75, 3.05) is 0 Å². The van der Waals surface area contributed by atoms with Gasteiger partial charge in [0, 0.05) is 16.8 Å². The lowest BCUT2D eigenvalue weighted by atomic mass is 10.0. The van der Waals surface area contributed by atoms with Crippen molar-refractivity contribution in [2.45, 2.75) is 13.5 Å². The van der Waals surface area contributed by atoms with E-state index in [0.717, 1.165) is 22.5 Å². The lowest BCUT2D eigenvalue weighted by Gasteiger charge is -2.04. The number of imidazole rings is 1. The quantitative estimate of drug-likeness (QED) is 0.757. The van der Waals surface area contributed by atoms with Crippen molar-refractivity contribution in [3.05, 3.63) is 81.7 Å². The molecule has 0 spiro atoms. The zero-order valence-electron chi connectivity index (χ0n) is 14.0. The Morgan fingerprint density at radius 3 is 2.69 bits per heavy atom. The molecule has 2 N–H and O–H groups in total. The molecule has 0 atom stereocenters. The third kappa shape index (κ3) is 2.75. The number of hydrogen-bond donors (Lipinski definition) is 2. The van der Waals surface area contributed by atoms with Crippen molar-refractivity contribution in [1.82, 2.24) is 9.55 Å². The summed E-state index contributed by atoms with van der Waals surface area (Å²) in [6.45, 7) is 2.03. The molecule has 0 amide bonds. The third-order valence-electron chi connectivity index (χ3n) is 4.40. The zero-order chi connectivity index (χ0) is 18.3. The van der Waals surface area contributed by atoms with Crippen molar-refractivity contribution < 1.29 is 9.50 Å². The van der Waals surface area contributed by atoms with Crippen molar-refractivity contribution in [3.8, 4) is 5.88 Å². The first kappa shape index (κ1) is 16.1. The van der Waals surface area contributed by atoms with Crippen molar-refractivity contribution in [3.63, 3.8) is 0 Å². The molecule has 2 aromatic carbocycles. The van der Waals surface area contributed by atoms with Crippen LogP contribution in [0.2, 0.25) is 0 Å². The molecule has 1 aromatic heterocycles. The molecule has 130 valence electrons. The molecule has 4 rings (SSSR count). The molecule has 3 aromatic rings. The number of allylic oxidation sites excluding steroid dienone is 1. The maximum Gasteiger partial charge on any atom is 0.329 e. The summed E-state index contributed by atoms with van der Waals surface area (Å²) in [4.78, 5) is 19.4. The van der Waals surface area contributed by atoms with Gasteiger partial charge in [0.2, 0.25) is 5.88 Å². The van der Waals surface area contributed by atoms with Gasteiger partial charge in [0.1, 0.15) is 11.5 Å². The zero-order valence-corrected chi connectivity index (χ0v) is 14.0. The Labute approximate surface area is 148 Å². The van der Waals surface area contributed by atoms with Gasteiger partial charge in [-0.1, -0.05) is 30.3 Å². The van der Waals surface area contributed by atoms with E-state index in [1.54, 1.807) is 18.2 Å². The number of para-hydroxylation sites is 1.